The van der Waals surface area contributed by atoms with E-state index in [1.807, 2.05) is 0 Å². The highest BCUT2D eigenvalue weighted by Gasteiger charge is 2.29. The van der Waals surface area contributed by atoms with Gasteiger partial charge in [0.1, 0.15) is 6.04 Å². The monoisotopic (exact) mass is 432 g/mol. The molecule has 0 radical (unpaired) electrons. The largest absolute Gasteiger partial charge is 0.480 e. The Morgan fingerprint density at radius 1 is 1.17 bits per heavy atom. The summed E-state index contributed by atoms with van der Waals surface area (Å²) in [6, 6.07) is -3.52. The third-order valence-corrected chi connectivity index (χ3v) is 3.87. The Hall–Kier alpha value is -2.97. The summed E-state index contributed by atoms with van der Waals surface area (Å²) in [6.07, 6.45) is -1.73. The quantitative estimate of drug-likeness (QED) is 0.222. The lowest BCUT2D eigenvalue weighted by atomic mass is 10.2. The minimum absolute atomic E-state index is 0.109. The fourth-order valence-electron chi connectivity index (χ4n) is 2.33. The van der Waals surface area contributed by atoms with Crippen LogP contribution in [-0.2, 0) is 19.1 Å². The predicted octanol–water partition coefficient (Wildman–Crippen LogP) is -1.78. The third kappa shape index (κ3) is 8.18. The number of carboxylic acids is 1. The van der Waals surface area contributed by atoms with E-state index in [1.54, 1.807) is 4.90 Å². The highest BCUT2D eigenvalue weighted by Crippen LogP contribution is 2.20. The Balaban J connectivity index is 2.96. The van der Waals surface area contributed by atoms with Gasteiger partial charge in [-0.25, -0.2) is 9.59 Å². The number of urea groups is 1. The van der Waals surface area contributed by atoms with Crippen LogP contribution in [0.2, 0.25) is 0 Å². The van der Waals surface area contributed by atoms with Gasteiger partial charge in [0, 0.05) is 27.3 Å². The Morgan fingerprint density at radius 3 is 2.23 bits per heavy atom. The number of rotatable bonds is 14. The lowest BCUT2D eigenvalue weighted by Crippen LogP contribution is -2.52. The zero-order valence-corrected chi connectivity index (χ0v) is 17.0. The standard InChI is InChI=1S/C16H28N6O8/c1-9(23)12(14(25)26)19-15(27)18-10(8-11(17)24)13-20-21-16(30-13)22(4-6-28-2)5-7-29-3/h9-10,12,23H,4-8H2,1-3H3,(H2,17,24)(H,25,26)(H2,18,19,27)/t9?,10-,12-/m0/s1. The first-order chi connectivity index (χ1) is 14.2. The fraction of sp³-hybridized carbons (Fsp3) is 0.688. The number of amides is 3. The van der Waals surface area contributed by atoms with Crippen LogP contribution in [0.5, 0.6) is 0 Å². The van der Waals surface area contributed by atoms with Gasteiger partial charge in [-0.3, -0.25) is 4.79 Å². The fourth-order valence-corrected chi connectivity index (χ4v) is 2.33. The summed E-state index contributed by atoms with van der Waals surface area (Å²) < 4.78 is 15.7. The van der Waals surface area contributed by atoms with Gasteiger partial charge in [-0.05, 0) is 6.92 Å². The summed E-state index contributed by atoms with van der Waals surface area (Å²) in [7, 11) is 3.08. The van der Waals surface area contributed by atoms with Crippen LogP contribution in [0.15, 0.2) is 4.42 Å². The number of nitrogens with one attached hydrogen (secondary N) is 2. The van der Waals surface area contributed by atoms with Gasteiger partial charge >= 0.3 is 18.0 Å². The van der Waals surface area contributed by atoms with Gasteiger partial charge in [-0.15, -0.1) is 5.10 Å². The van der Waals surface area contributed by atoms with E-state index in [-0.39, 0.29) is 18.3 Å². The number of aromatic nitrogens is 2. The molecule has 1 rings (SSSR count). The first kappa shape index (κ1) is 25.1. The smallest absolute Gasteiger partial charge is 0.328 e. The molecule has 1 unspecified atom stereocenters. The van der Waals surface area contributed by atoms with E-state index in [2.05, 4.69) is 20.8 Å². The van der Waals surface area contributed by atoms with Gasteiger partial charge in [0.25, 0.3) is 0 Å². The zero-order valence-electron chi connectivity index (χ0n) is 17.0. The van der Waals surface area contributed by atoms with Crippen molar-refractivity contribution in [1.82, 2.24) is 20.8 Å². The number of hydrogen-bond acceptors (Lipinski definition) is 10. The Bertz CT molecular complexity index is 689. The Morgan fingerprint density at radius 2 is 1.77 bits per heavy atom. The second kappa shape index (κ2) is 12.6. The highest BCUT2D eigenvalue weighted by atomic mass is 16.5. The van der Waals surface area contributed by atoms with Crippen LogP contribution in [0.1, 0.15) is 25.3 Å². The molecule has 1 aromatic heterocycles. The molecule has 1 aromatic rings. The maximum Gasteiger partial charge on any atom is 0.328 e. The summed E-state index contributed by atoms with van der Waals surface area (Å²) in [5, 5.41) is 30.7. The number of carbonyl (C=O) groups is 3. The van der Waals surface area contributed by atoms with Crippen molar-refractivity contribution in [3.8, 4) is 0 Å². The van der Waals surface area contributed by atoms with Crippen molar-refractivity contribution in [3.63, 3.8) is 0 Å². The molecule has 1 heterocycles. The molecule has 0 saturated carbocycles. The number of nitrogens with two attached hydrogens (primary N) is 1. The molecule has 14 nitrogen and oxygen atoms in total. The van der Waals surface area contributed by atoms with Gasteiger partial charge in [-0.2, -0.15) is 0 Å². The molecule has 0 aliphatic carbocycles. The molecular weight excluding hydrogens is 404 g/mol. The van der Waals surface area contributed by atoms with Crippen molar-refractivity contribution in [2.75, 3.05) is 45.4 Å². The van der Waals surface area contributed by atoms with Crippen LogP contribution in [0.4, 0.5) is 10.8 Å². The number of primary amides is 1. The van der Waals surface area contributed by atoms with Gasteiger partial charge in [0.2, 0.25) is 11.8 Å². The van der Waals surface area contributed by atoms with E-state index >= 15 is 0 Å². The first-order valence-corrected chi connectivity index (χ1v) is 9.02. The number of nitrogens with zero attached hydrogens (tertiary/aromatic N) is 3. The van der Waals surface area contributed by atoms with Crippen molar-refractivity contribution >= 4 is 23.9 Å². The van der Waals surface area contributed by atoms with Crippen molar-refractivity contribution in [2.45, 2.75) is 31.5 Å². The summed E-state index contributed by atoms with van der Waals surface area (Å²) in [6.45, 7) is 2.81. The van der Waals surface area contributed by atoms with E-state index in [0.717, 1.165) is 0 Å². The summed E-state index contributed by atoms with van der Waals surface area (Å²) in [5.74, 6) is -2.30. The molecule has 0 aliphatic rings. The van der Waals surface area contributed by atoms with Crippen molar-refractivity contribution < 1.29 is 38.5 Å². The maximum atomic E-state index is 12.2. The average molecular weight is 432 g/mol. The number of carboxylic acid groups (broad SMARTS) is 1. The van der Waals surface area contributed by atoms with Crippen molar-refractivity contribution in [2.24, 2.45) is 5.73 Å². The van der Waals surface area contributed by atoms with Gasteiger partial charge in [0.15, 0.2) is 6.04 Å². The molecular formula is C16H28N6O8. The van der Waals surface area contributed by atoms with E-state index < -0.39 is 36.1 Å². The zero-order chi connectivity index (χ0) is 22.7. The molecule has 0 aromatic carbocycles. The molecule has 0 spiro atoms. The molecule has 30 heavy (non-hydrogen) atoms. The topological polar surface area (TPSA) is 202 Å². The van der Waals surface area contributed by atoms with Crippen molar-refractivity contribution in [1.29, 1.82) is 0 Å². The maximum absolute atomic E-state index is 12.2. The van der Waals surface area contributed by atoms with Crippen LogP contribution < -0.4 is 21.3 Å². The number of methoxy groups -OCH3 is 2. The second-order valence-corrected chi connectivity index (χ2v) is 6.29. The second-order valence-electron chi connectivity index (χ2n) is 6.29. The number of aliphatic hydroxyl groups is 1. The number of aliphatic carboxylic acids is 1. The summed E-state index contributed by atoms with van der Waals surface area (Å²) in [5.41, 5.74) is 5.22. The number of ether oxygens (including phenoxy) is 2. The van der Waals surface area contributed by atoms with E-state index in [0.29, 0.717) is 26.3 Å². The van der Waals surface area contributed by atoms with Gasteiger partial charge in [-0.1, -0.05) is 5.10 Å². The summed E-state index contributed by atoms with van der Waals surface area (Å²) in [4.78, 5) is 36.4. The van der Waals surface area contributed by atoms with Crippen LogP contribution in [-0.4, -0.2) is 91.0 Å². The van der Waals surface area contributed by atoms with Crippen LogP contribution in [0.3, 0.4) is 0 Å². The van der Waals surface area contributed by atoms with Crippen LogP contribution in [0, 0.1) is 0 Å². The van der Waals surface area contributed by atoms with Crippen LogP contribution in [0.25, 0.3) is 0 Å². The van der Waals surface area contributed by atoms with E-state index in [9.17, 15) is 19.5 Å². The normalized spacial score (nSPS) is 13.9. The van der Waals surface area contributed by atoms with E-state index in [1.165, 1.54) is 21.1 Å². The lowest BCUT2D eigenvalue weighted by molar-refractivity contribution is -0.141. The van der Waals surface area contributed by atoms with Gasteiger partial charge < -0.3 is 45.4 Å². The molecule has 0 aliphatic heterocycles. The lowest BCUT2D eigenvalue weighted by Gasteiger charge is -2.20. The number of anilines is 1. The molecule has 3 atom stereocenters. The minimum Gasteiger partial charge on any atom is -0.480 e. The minimum atomic E-state index is -1.56. The van der Waals surface area contributed by atoms with Gasteiger partial charge in [0.05, 0.1) is 25.7 Å². The average Bonchev–Trinajstić information content (AvgIpc) is 3.15. The van der Waals surface area contributed by atoms with Crippen molar-refractivity contribution in [3.05, 3.63) is 5.89 Å². The van der Waals surface area contributed by atoms with Crippen LogP contribution >= 0.6 is 0 Å². The molecule has 0 fully saturated rings. The predicted molar refractivity (Wildman–Crippen MR) is 102 cm³/mol. The highest BCUT2D eigenvalue weighted by molar-refractivity contribution is 5.83. The number of carbonyl (C=O) groups excluding carboxylic acids is 2. The molecule has 0 bridgehead atoms. The third-order valence-electron chi connectivity index (χ3n) is 3.87. The number of hydrogen-bond donors (Lipinski definition) is 5. The molecule has 170 valence electrons. The molecule has 3 amide bonds. The summed E-state index contributed by atoms with van der Waals surface area (Å²) >= 11 is 0. The molecule has 0 saturated heterocycles. The molecule has 14 heteroatoms. The Labute approximate surface area is 172 Å². The Kier molecular flexibility index (Phi) is 10.5. The van der Waals surface area contributed by atoms with E-state index in [4.69, 9.17) is 24.7 Å². The first-order valence-electron chi connectivity index (χ1n) is 9.02. The molecule has 6 N–H and O–H groups in total. The SMILES string of the molecule is COCCN(CCOC)c1nnc([C@H](CC(N)=O)NC(=O)N[C@H](C(=O)O)C(C)O)o1. The number of aliphatic hydroxyl groups excluding tert-OH is 1.